The lowest BCUT2D eigenvalue weighted by Gasteiger charge is -2.43. The van der Waals surface area contributed by atoms with Crippen molar-refractivity contribution in [2.24, 2.45) is 0 Å². The van der Waals surface area contributed by atoms with Crippen LogP contribution in [0.1, 0.15) is 69.1 Å². The number of hydrogen-bond acceptors (Lipinski definition) is 12. The summed E-state index contributed by atoms with van der Waals surface area (Å²) < 4.78 is 14.4. The van der Waals surface area contributed by atoms with Crippen LogP contribution in [-0.4, -0.2) is 122 Å². The van der Waals surface area contributed by atoms with Crippen LogP contribution in [0.15, 0.2) is 71.1 Å². The minimum Gasteiger partial charge on any atom is -0.508 e. The van der Waals surface area contributed by atoms with Crippen LogP contribution in [0.3, 0.4) is 0 Å². The monoisotopic (exact) mass is 866 g/mol. The molecule has 0 bridgehead atoms. The number of piperazine rings is 1. The number of halogens is 1. The van der Waals surface area contributed by atoms with E-state index in [1.54, 1.807) is 17.5 Å². The minimum absolute atomic E-state index is 0.0167. The second-order valence-corrected chi connectivity index (χ2v) is 17.7. The average Bonchev–Trinajstić information content (AvgIpc) is 3.99. The summed E-state index contributed by atoms with van der Waals surface area (Å²) in [7, 11) is 0. The number of nitrogens with zero attached hydrogens (tertiary/aromatic N) is 6. The number of phenols is 1. The average molecular weight is 867 g/mol. The van der Waals surface area contributed by atoms with Gasteiger partial charge in [-0.2, -0.15) is 0 Å². The third-order valence-electron chi connectivity index (χ3n) is 12.3. The molecule has 5 aliphatic rings. The topological polar surface area (TPSA) is 176 Å². The number of carbonyl (C=O) groups excluding carboxylic acids is 6. The van der Waals surface area contributed by atoms with Crippen LogP contribution in [0.5, 0.6) is 5.75 Å². The molecule has 6 amide bonds. The summed E-state index contributed by atoms with van der Waals surface area (Å²) in [4.78, 5) is 92.9. The molecule has 6 heterocycles. The van der Waals surface area contributed by atoms with Gasteiger partial charge in [0, 0.05) is 104 Å². The van der Waals surface area contributed by atoms with Gasteiger partial charge in [-0.1, -0.05) is 12.1 Å². The smallest absolute Gasteiger partial charge is 0.255 e. The molecule has 1 aromatic heterocycles. The number of thioether (sulfide) groups is 1. The maximum absolute atomic E-state index is 14.4. The molecule has 0 saturated carbocycles. The fourth-order valence-electron chi connectivity index (χ4n) is 9.12. The van der Waals surface area contributed by atoms with Crippen molar-refractivity contribution in [1.82, 2.24) is 29.9 Å². The molecule has 18 heteroatoms. The summed E-state index contributed by atoms with van der Waals surface area (Å²) in [6.45, 7) is 4.68. The van der Waals surface area contributed by atoms with Crippen molar-refractivity contribution in [3.05, 3.63) is 99.8 Å². The number of phenolic OH excluding ortho intramolecular Hbond substituents is 1. The molecular formula is C43H43FN8O7S2. The van der Waals surface area contributed by atoms with Crippen LogP contribution in [0.25, 0.3) is 0 Å². The number of hydrogen-bond donors (Lipinski definition) is 3. The Kier molecular flexibility index (Phi) is 11.2. The summed E-state index contributed by atoms with van der Waals surface area (Å²) in [5, 5.41) is 17.8. The van der Waals surface area contributed by atoms with E-state index in [0.29, 0.717) is 41.8 Å². The fraction of sp³-hybridized carbons (Fsp3) is 0.372. The standard InChI is InChI=1S/C43H43FN8O7S2/c44-26-5-8-34(53)31(20-26)38(40(57)47-43-45-12-19-60-43)52-22-25-4-6-28(21-30(25)42(52)59)48-13-10-27(11-14-48)49-15-17-50(18-16-49)37(55)24-61-35-3-1-2-29-32(35)23-51(41(29)58)33-7-9-36(54)46-39(33)56/h1-6,8,12,19-21,27,33,38,53H,7,9-11,13-18,22-24H2,(H,45,47,57)(H,46,54,56). The first-order valence-corrected chi connectivity index (χ1v) is 22.2. The Bertz CT molecular complexity index is 2420. The van der Waals surface area contributed by atoms with Gasteiger partial charge in [0.25, 0.3) is 17.7 Å². The van der Waals surface area contributed by atoms with E-state index in [4.69, 9.17) is 0 Å². The number of imide groups is 1. The molecule has 2 atom stereocenters. The molecule has 5 aliphatic heterocycles. The van der Waals surface area contributed by atoms with E-state index < -0.39 is 29.7 Å². The number of benzene rings is 3. The normalized spacial score (nSPS) is 20.2. The fourth-order valence-corrected chi connectivity index (χ4v) is 10.6. The van der Waals surface area contributed by atoms with E-state index in [9.17, 15) is 38.3 Å². The third-order valence-corrected chi connectivity index (χ3v) is 14.1. The highest BCUT2D eigenvalue weighted by Crippen LogP contribution is 2.39. The maximum Gasteiger partial charge on any atom is 0.255 e. The maximum atomic E-state index is 14.4. The molecule has 61 heavy (non-hydrogen) atoms. The molecule has 3 saturated heterocycles. The number of aromatic nitrogens is 1. The molecule has 9 rings (SSSR count). The lowest BCUT2D eigenvalue weighted by molar-refractivity contribution is -0.137. The van der Waals surface area contributed by atoms with Crippen molar-refractivity contribution in [2.75, 3.05) is 55.2 Å². The Hall–Kier alpha value is -5.85. The van der Waals surface area contributed by atoms with Crippen LogP contribution >= 0.6 is 23.1 Å². The van der Waals surface area contributed by atoms with Crippen LogP contribution in [0, 0.1) is 5.82 Å². The summed E-state index contributed by atoms with van der Waals surface area (Å²) in [5.41, 5.74) is 3.41. The number of piperidine rings is 2. The highest BCUT2D eigenvalue weighted by atomic mass is 32.2. The van der Waals surface area contributed by atoms with Gasteiger partial charge in [-0.25, -0.2) is 9.37 Å². The van der Waals surface area contributed by atoms with E-state index in [1.165, 1.54) is 45.2 Å². The lowest BCUT2D eigenvalue weighted by atomic mass is 10.0. The third kappa shape index (κ3) is 8.06. The summed E-state index contributed by atoms with van der Waals surface area (Å²) in [5.74, 6) is -2.69. The van der Waals surface area contributed by atoms with Gasteiger partial charge in [-0.3, -0.25) is 44.3 Å². The Morgan fingerprint density at radius 2 is 1.74 bits per heavy atom. The summed E-state index contributed by atoms with van der Waals surface area (Å²) >= 11 is 2.61. The second kappa shape index (κ2) is 16.9. The Labute approximate surface area is 358 Å². The van der Waals surface area contributed by atoms with Gasteiger partial charge >= 0.3 is 0 Å². The lowest BCUT2D eigenvalue weighted by Crippen LogP contribution is -2.54. The quantitative estimate of drug-likeness (QED) is 0.155. The van der Waals surface area contributed by atoms with Gasteiger partial charge < -0.3 is 24.7 Å². The number of anilines is 2. The van der Waals surface area contributed by atoms with Crippen molar-refractivity contribution in [3.8, 4) is 5.75 Å². The zero-order chi connectivity index (χ0) is 42.4. The Morgan fingerprint density at radius 3 is 2.49 bits per heavy atom. The van der Waals surface area contributed by atoms with Crippen molar-refractivity contribution >= 4 is 69.4 Å². The number of nitrogens with one attached hydrogen (secondary N) is 2. The number of aromatic hydroxyl groups is 1. The van der Waals surface area contributed by atoms with Gasteiger partial charge in [0.1, 0.15) is 23.7 Å². The van der Waals surface area contributed by atoms with Crippen LogP contribution < -0.4 is 15.5 Å². The minimum atomic E-state index is -1.30. The molecular weight excluding hydrogens is 824 g/mol. The number of rotatable bonds is 10. The molecule has 2 unspecified atom stereocenters. The molecule has 4 aromatic rings. The molecule has 0 radical (unpaired) electrons. The largest absolute Gasteiger partial charge is 0.508 e. The zero-order valence-corrected chi connectivity index (χ0v) is 34.7. The number of carbonyl (C=O) groups is 6. The van der Waals surface area contributed by atoms with Crippen molar-refractivity contribution < 1.29 is 38.3 Å². The van der Waals surface area contributed by atoms with E-state index in [0.717, 1.165) is 72.9 Å². The van der Waals surface area contributed by atoms with Crippen LogP contribution in [0.4, 0.5) is 15.2 Å². The summed E-state index contributed by atoms with van der Waals surface area (Å²) in [6.07, 6.45) is 3.83. The van der Waals surface area contributed by atoms with E-state index in [2.05, 4.69) is 25.4 Å². The first-order valence-electron chi connectivity index (χ1n) is 20.3. The predicted octanol–water partition coefficient (Wildman–Crippen LogP) is 3.99. The van der Waals surface area contributed by atoms with E-state index >= 15 is 0 Å². The van der Waals surface area contributed by atoms with E-state index in [-0.39, 0.29) is 60.2 Å². The Balaban J connectivity index is 0.774. The van der Waals surface area contributed by atoms with Crippen LogP contribution in [-0.2, 0) is 32.3 Å². The SMILES string of the molecule is O=C1CCC(N2Cc3c(SCC(=O)N4CCN(C5CCN(c6ccc7c(c6)C(=O)N(C(C(=O)Nc6nccs6)c6cc(F)ccc6O)C7)CC5)CC4)cccc3C2=O)C(=O)N1. The highest BCUT2D eigenvalue weighted by Gasteiger charge is 2.41. The van der Waals surface area contributed by atoms with Gasteiger partial charge in [0.15, 0.2) is 5.13 Å². The molecule has 0 spiro atoms. The van der Waals surface area contributed by atoms with Crippen molar-refractivity contribution in [2.45, 2.75) is 61.8 Å². The van der Waals surface area contributed by atoms with Gasteiger partial charge in [-0.05, 0) is 72.9 Å². The summed E-state index contributed by atoms with van der Waals surface area (Å²) in [6, 6.07) is 12.9. The molecule has 316 valence electrons. The first-order chi connectivity index (χ1) is 29.5. The van der Waals surface area contributed by atoms with Gasteiger partial charge in [0.05, 0.1) is 5.75 Å². The number of amides is 6. The first kappa shape index (κ1) is 40.6. The zero-order valence-electron chi connectivity index (χ0n) is 33.0. The predicted molar refractivity (Wildman–Crippen MR) is 224 cm³/mol. The van der Waals surface area contributed by atoms with Gasteiger partial charge in [0.2, 0.25) is 17.7 Å². The molecule has 15 nitrogen and oxygen atoms in total. The Morgan fingerprint density at radius 1 is 0.934 bits per heavy atom. The second-order valence-electron chi connectivity index (χ2n) is 15.8. The number of thiazole rings is 1. The van der Waals surface area contributed by atoms with Crippen molar-refractivity contribution in [3.63, 3.8) is 0 Å². The molecule has 3 fully saturated rings. The van der Waals surface area contributed by atoms with E-state index in [1.807, 2.05) is 29.2 Å². The van der Waals surface area contributed by atoms with Crippen LogP contribution in [0.2, 0.25) is 0 Å². The molecule has 3 N–H and O–H groups in total. The molecule has 0 aliphatic carbocycles. The number of fused-ring (bicyclic) bond motifs is 2. The highest BCUT2D eigenvalue weighted by molar-refractivity contribution is 8.00. The van der Waals surface area contributed by atoms with Gasteiger partial charge in [-0.15, -0.1) is 23.1 Å². The van der Waals surface area contributed by atoms with Crippen molar-refractivity contribution in [1.29, 1.82) is 0 Å². The molecule has 3 aromatic carbocycles.